The first kappa shape index (κ1) is 28.2. The number of aromatic hydroxyl groups is 2. The number of hydrogen-bond acceptors (Lipinski definition) is 9. The summed E-state index contributed by atoms with van der Waals surface area (Å²) in [5.41, 5.74) is -0.641. The van der Waals surface area contributed by atoms with Crippen molar-refractivity contribution in [2.45, 2.75) is 25.3 Å². The highest BCUT2D eigenvalue weighted by Gasteiger charge is 2.41. The second-order valence-corrected chi connectivity index (χ2v) is 9.02. The molecule has 1 fully saturated rings. The number of phenolic OH excluding ortho intramolecular Hbond substituents is 2. The first-order valence-corrected chi connectivity index (χ1v) is 12.1. The Kier molecular flexibility index (Phi) is 7.81. The molecule has 14 nitrogen and oxygen atoms in total. The van der Waals surface area contributed by atoms with E-state index in [1.165, 1.54) is 17.0 Å². The molecule has 0 aliphatic carbocycles. The molecule has 0 bridgehead atoms. The fraction of sp³-hybridized carbons (Fsp3) is 0.292. The highest BCUT2D eigenvalue weighted by Crippen LogP contribution is 2.33. The van der Waals surface area contributed by atoms with Gasteiger partial charge in [-0.1, -0.05) is 12.1 Å². The highest BCUT2D eigenvalue weighted by atomic mass is 19.1. The van der Waals surface area contributed by atoms with Crippen molar-refractivity contribution < 1.29 is 53.4 Å². The Bertz CT molecular complexity index is 1410. The van der Waals surface area contributed by atoms with Gasteiger partial charge in [-0.3, -0.25) is 19.3 Å². The van der Waals surface area contributed by atoms with Crippen LogP contribution in [0.1, 0.15) is 34.5 Å². The Hall–Kier alpha value is -4.86. The minimum Gasteiger partial charge on any atom is -0.534 e. The van der Waals surface area contributed by atoms with Crippen molar-refractivity contribution in [2.75, 3.05) is 19.6 Å². The molecule has 2 aliphatic heterocycles. The standard InChI is InChI=1S/C24H24BFN4O10/c1-2-29-7-8-30(22(35)21(29)34)24(38)28-18(11-4-6-14(31)15(32)9-11)20(33)27-16-10-12-3-5-13(26)17(23(36)37)19(12)40-25(16)39/h3-6,9,16,18,31-32,39H,2,7-8,10H2,1H3,(H,27,33)(H,28,38)(H,36,37)/t16-,18?/m0/s1. The maximum Gasteiger partial charge on any atom is 0.547 e. The second-order valence-electron chi connectivity index (χ2n) is 9.02. The van der Waals surface area contributed by atoms with Crippen LogP contribution in [0.5, 0.6) is 17.2 Å². The number of likely N-dealkylation sites (N-methyl/N-ethyl adjacent to an activating group) is 1. The fourth-order valence-electron chi connectivity index (χ4n) is 4.42. The van der Waals surface area contributed by atoms with Gasteiger partial charge < -0.3 is 40.5 Å². The van der Waals surface area contributed by atoms with Crippen molar-refractivity contribution in [2.24, 2.45) is 0 Å². The summed E-state index contributed by atoms with van der Waals surface area (Å²) in [6, 6.07) is 2.71. The van der Waals surface area contributed by atoms with Crippen LogP contribution in [0.15, 0.2) is 30.3 Å². The van der Waals surface area contributed by atoms with Gasteiger partial charge in [0.05, 0.1) is 5.94 Å². The molecule has 1 saturated heterocycles. The summed E-state index contributed by atoms with van der Waals surface area (Å²) in [4.78, 5) is 64.5. The third kappa shape index (κ3) is 5.33. The summed E-state index contributed by atoms with van der Waals surface area (Å²) in [5.74, 6) is -8.39. The fourth-order valence-corrected chi connectivity index (χ4v) is 4.42. The number of piperazine rings is 1. The normalized spacial score (nSPS) is 17.6. The molecule has 210 valence electrons. The molecule has 2 aromatic rings. The third-order valence-corrected chi connectivity index (χ3v) is 6.55. The van der Waals surface area contributed by atoms with Gasteiger partial charge in [0.15, 0.2) is 11.5 Å². The van der Waals surface area contributed by atoms with Gasteiger partial charge in [0, 0.05) is 19.6 Å². The van der Waals surface area contributed by atoms with Gasteiger partial charge in [-0.05, 0) is 42.7 Å². The molecule has 1 unspecified atom stereocenters. The van der Waals surface area contributed by atoms with Crippen molar-refractivity contribution in [3.8, 4) is 17.2 Å². The molecular weight excluding hydrogens is 534 g/mol. The minimum atomic E-state index is -1.82. The summed E-state index contributed by atoms with van der Waals surface area (Å²) in [7, 11) is -1.82. The van der Waals surface area contributed by atoms with Crippen LogP contribution in [0.3, 0.4) is 0 Å². The number of aromatic carboxylic acids is 1. The lowest BCUT2D eigenvalue weighted by Crippen LogP contribution is -2.60. The number of carboxylic acid groups (broad SMARTS) is 1. The van der Waals surface area contributed by atoms with Crippen molar-refractivity contribution in [3.05, 3.63) is 52.8 Å². The molecule has 0 saturated carbocycles. The van der Waals surface area contributed by atoms with Crippen LogP contribution in [-0.4, -0.2) is 92.6 Å². The summed E-state index contributed by atoms with van der Waals surface area (Å²) in [6.07, 6.45) is -0.184. The first-order valence-electron chi connectivity index (χ1n) is 12.1. The predicted octanol–water partition coefficient (Wildman–Crippen LogP) is -0.484. The average molecular weight is 558 g/mol. The smallest absolute Gasteiger partial charge is 0.534 e. The number of carbonyl (C=O) groups is 5. The van der Waals surface area contributed by atoms with E-state index in [0.29, 0.717) is 4.90 Å². The van der Waals surface area contributed by atoms with E-state index in [1.54, 1.807) is 6.92 Å². The number of fused-ring (bicyclic) bond motifs is 1. The van der Waals surface area contributed by atoms with Gasteiger partial charge in [0.2, 0.25) is 5.91 Å². The van der Waals surface area contributed by atoms with E-state index in [-0.39, 0.29) is 37.2 Å². The van der Waals surface area contributed by atoms with Crippen molar-refractivity contribution in [3.63, 3.8) is 0 Å². The van der Waals surface area contributed by atoms with Gasteiger partial charge >= 0.3 is 30.9 Å². The molecule has 40 heavy (non-hydrogen) atoms. The average Bonchev–Trinajstić information content (AvgIpc) is 2.90. The van der Waals surface area contributed by atoms with Crippen LogP contribution in [-0.2, 0) is 20.8 Å². The van der Waals surface area contributed by atoms with Gasteiger partial charge in [-0.15, -0.1) is 0 Å². The Labute approximate surface area is 226 Å². The number of rotatable bonds is 6. The summed E-state index contributed by atoms with van der Waals surface area (Å²) >= 11 is 0. The molecule has 2 aliphatic rings. The highest BCUT2D eigenvalue weighted by molar-refractivity contribution is 6.47. The van der Waals surface area contributed by atoms with Crippen LogP contribution >= 0.6 is 0 Å². The van der Waals surface area contributed by atoms with Crippen molar-refractivity contribution >= 4 is 36.8 Å². The minimum absolute atomic E-state index is 0.0334. The number of carboxylic acids is 1. The summed E-state index contributed by atoms with van der Waals surface area (Å²) < 4.78 is 19.3. The number of halogens is 1. The number of carbonyl (C=O) groups excluding carboxylic acids is 4. The number of urea groups is 1. The zero-order valence-electron chi connectivity index (χ0n) is 21.0. The maximum atomic E-state index is 14.0. The van der Waals surface area contributed by atoms with Crippen LogP contribution in [0.2, 0.25) is 0 Å². The van der Waals surface area contributed by atoms with E-state index in [0.717, 1.165) is 18.2 Å². The molecule has 0 aromatic heterocycles. The third-order valence-electron chi connectivity index (χ3n) is 6.55. The molecule has 4 rings (SSSR count). The zero-order chi connectivity index (χ0) is 29.3. The van der Waals surface area contributed by atoms with Crippen molar-refractivity contribution in [1.82, 2.24) is 20.4 Å². The Morgan fingerprint density at radius 1 is 1.12 bits per heavy atom. The van der Waals surface area contributed by atoms with Crippen molar-refractivity contribution in [1.29, 1.82) is 0 Å². The van der Waals surface area contributed by atoms with Gasteiger partial charge in [-0.25, -0.2) is 14.0 Å². The molecule has 5 amide bonds. The number of nitrogens with zero attached hydrogens (tertiary/aromatic N) is 2. The molecule has 2 atom stereocenters. The van der Waals surface area contributed by atoms with Crippen LogP contribution in [0.4, 0.5) is 9.18 Å². The van der Waals surface area contributed by atoms with E-state index in [4.69, 9.17) is 4.65 Å². The zero-order valence-corrected chi connectivity index (χ0v) is 21.0. The van der Waals surface area contributed by atoms with Crippen LogP contribution in [0.25, 0.3) is 0 Å². The SMILES string of the molecule is CCN1CCN(C(=O)NC(C(=O)N[C@H]2Cc3ccc(F)c(C(=O)O)c3OB2O)c2ccc(O)c(O)c2)C(=O)C1=O. The molecule has 6 N–H and O–H groups in total. The number of amides is 5. The Morgan fingerprint density at radius 3 is 2.50 bits per heavy atom. The number of nitrogens with one attached hydrogen (secondary N) is 2. The molecular formula is C24H24BFN4O10. The Morgan fingerprint density at radius 2 is 1.85 bits per heavy atom. The maximum absolute atomic E-state index is 14.0. The van der Waals surface area contributed by atoms with Gasteiger partial charge in [0.1, 0.15) is 23.2 Å². The lowest BCUT2D eigenvalue weighted by molar-refractivity contribution is -0.153. The first-order chi connectivity index (χ1) is 18.9. The number of benzene rings is 2. The monoisotopic (exact) mass is 558 g/mol. The van der Waals surface area contributed by atoms with E-state index in [2.05, 4.69) is 10.6 Å². The van der Waals surface area contributed by atoms with Gasteiger partial charge in [-0.2, -0.15) is 0 Å². The molecule has 16 heteroatoms. The van der Waals surface area contributed by atoms with Crippen LogP contribution in [0, 0.1) is 5.82 Å². The Balaban J connectivity index is 1.58. The second kappa shape index (κ2) is 11.1. The van der Waals surface area contributed by atoms with Gasteiger partial charge in [0.25, 0.3) is 0 Å². The van der Waals surface area contributed by atoms with E-state index in [9.17, 15) is 48.7 Å². The lowest BCUT2D eigenvalue weighted by Gasteiger charge is -2.33. The molecule has 0 spiro atoms. The number of hydrogen-bond donors (Lipinski definition) is 6. The molecule has 2 heterocycles. The van der Waals surface area contributed by atoms with E-state index < -0.39 is 77.5 Å². The summed E-state index contributed by atoms with van der Waals surface area (Å²) in [6.45, 7) is 1.86. The topological polar surface area (TPSA) is 206 Å². The quantitative estimate of drug-likeness (QED) is 0.153. The van der Waals surface area contributed by atoms with E-state index >= 15 is 0 Å². The van der Waals surface area contributed by atoms with Crippen LogP contribution < -0.4 is 15.3 Å². The lowest BCUT2D eigenvalue weighted by atomic mass is 9.72. The largest absolute Gasteiger partial charge is 0.547 e. The summed E-state index contributed by atoms with van der Waals surface area (Å²) in [5, 5.41) is 44.2. The number of phenols is 2. The predicted molar refractivity (Wildman–Crippen MR) is 133 cm³/mol. The molecule has 0 radical (unpaired) electrons. The van der Waals surface area contributed by atoms with E-state index in [1.807, 2.05) is 0 Å². The molecule has 2 aromatic carbocycles. The number of imide groups is 1.